The fourth-order valence-corrected chi connectivity index (χ4v) is 3.17. The molecule has 152 valence electrons. The van der Waals surface area contributed by atoms with E-state index in [2.05, 4.69) is 21.6 Å². The van der Waals surface area contributed by atoms with Crippen LogP contribution in [0.1, 0.15) is 32.9 Å². The Morgan fingerprint density at radius 3 is 2.45 bits per heavy atom. The number of amides is 1. The van der Waals surface area contributed by atoms with E-state index >= 15 is 0 Å². The molecule has 0 spiro atoms. The summed E-state index contributed by atoms with van der Waals surface area (Å²) in [6.07, 6.45) is 0.663. The molecule has 1 aromatic heterocycles. The second kappa shape index (κ2) is 8.77. The molecule has 0 atom stereocenters. The Hall–Kier alpha value is -3.35. The van der Waals surface area contributed by atoms with Gasteiger partial charge >= 0.3 is 0 Å². The highest BCUT2D eigenvalue weighted by atomic mass is 16.5. The molecular formula is C22H26N4O3. The number of carbonyl (C=O) groups is 1. The number of hydrogen-bond acceptors (Lipinski definition) is 5. The van der Waals surface area contributed by atoms with Gasteiger partial charge in [-0.2, -0.15) is 9.90 Å². The monoisotopic (exact) mass is 394 g/mol. The van der Waals surface area contributed by atoms with E-state index in [0.717, 1.165) is 16.8 Å². The molecule has 0 aliphatic rings. The first kappa shape index (κ1) is 20.4. The van der Waals surface area contributed by atoms with Crippen molar-refractivity contribution in [3.8, 4) is 17.2 Å². The average molecular weight is 394 g/mol. The minimum Gasteiger partial charge on any atom is -0.493 e. The molecule has 1 heterocycles. The summed E-state index contributed by atoms with van der Waals surface area (Å²) >= 11 is 0. The lowest BCUT2D eigenvalue weighted by atomic mass is 10.1. The van der Waals surface area contributed by atoms with Crippen molar-refractivity contribution in [1.29, 1.82) is 0 Å². The summed E-state index contributed by atoms with van der Waals surface area (Å²) in [6.45, 7) is 6.31. The lowest BCUT2D eigenvalue weighted by molar-refractivity contribution is 0.0948. The van der Waals surface area contributed by atoms with Crippen molar-refractivity contribution in [1.82, 2.24) is 20.3 Å². The van der Waals surface area contributed by atoms with Gasteiger partial charge in [0.15, 0.2) is 17.2 Å². The minimum absolute atomic E-state index is 0.237. The molecule has 29 heavy (non-hydrogen) atoms. The molecule has 3 rings (SSSR count). The number of carbonyl (C=O) groups excluding carboxylic acids is 1. The van der Waals surface area contributed by atoms with Crippen LogP contribution in [0, 0.1) is 20.8 Å². The molecule has 0 saturated carbocycles. The smallest absolute Gasteiger partial charge is 0.273 e. The SMILES string of the molecule is COc1ccc(CCNC(=O)c2nn(-c3ccc(C)cc3C)nc2C)cc1OC. The summed E-state index contributed by atoms with van der Waals surface area (Å²) in [4.78, 5) is 14.1. The standard InChI is InChI=1S/C22H26N4O3/c1-14-6-8-18(15(2)12-14)26-24-16(3)21(25-26)22(27)23-11-10-17-7-9-19(28-4)20(13-17)29-5/h6-9,12-13H,10-11H2,1-5H3,(H,23,27). The maximum Gasteiger partial charge on any atom is 0.273 e. The number of nitrogens with zero attached hydrogens (tertiary/aromatic N) is 3. The van der Waals surface area contributed by atoms with E-state index in [-0.39, 0.29) is 5.91 Å². The zero-order chi connectivity index (χ0) is 21.0. The van der Waals surface area contributed by atoms with Gasteiger partial charge in [0.2, 0.25) is 0 Å². The van der Waals surface area contributed by atoms with Gasteiger partial charge in [-0.15, -0.1) is 5.10 Å². The number of ether oxygens (including phenoxy) is 2. The topological polar surface area (TPSA) is 78.3 Å². The van der Waals surface area contributed by atoms with E-state index in [1.807, 2.05) is 44.2 Å². The van der Waals surface area contributed by atoms with Crippen LogP contribution in [-0.4, -0.2) is 41.7 Å². The molecule has 0 aliphatic carbocycles. The Morgan fingerprint density at radius 1 is 1.00 bits per heavy atom. The molecule has 7 nitrogen and oxygen atoms in total. The van der Waals surface area contributed by atoms with Gasteiger partial charge in [0.05, 0.1) is 25.6 Å². The van der Waals surface area contributed by atoms with Gasteiger partial charge < -0.3 is 14.8 Å². The Morgan fingerprint density at radius 2 is 1.76 bits per heavy atom. The lowest BCUT2D eigenvalue weighted by Gasteiger charge is -2.10. The van der Waals surface area contributed by atoms with Crippen LogP contribution in [0.4, 0.5) is 0 Å². The fourth-order valence-electron chi connectivity index (χ4n) is 3.17. The molecular weight excluding hydrogens is 368 g/mol. The molecule has 1 amide bonds. The van der Waals surface area contributed by atoms with E-state index in [1.54, 1.807) is 21.1 Å². The van der Waals surface area contributed by atoms with Gasteiger partial charge in [0.25, 0.3) is 5.91 Å². The third-order valence-corrected chi connectivity index (χ3v) is 4.71. The Labute approximate surface area is 170 Å². The Balaban J connectivity index is 1.66. The molecule has 0 aliphatic heterocycles. The summed E-state index contributed by atoms with van der Waals surface area (Å²) in [6, 6.07) is 11.8. The minimum atomic E-state index is -0.237. The highest BCUT2D eigenvalue weighted by molar-refractivity contribution is 5.93. The zero-order valence-corrected chi connectivity index (χ0v) is 17.4. The van der Waals surface area contributed by atoms with E-state index < -0.39 is 0 Å². The second-order valence-electron chi connectivity index (χ2n) is 6.91. The third-order valence-electron chi connectivity index (χ3n) is 4.71. The quantitative estimate of drug-likeness (QED) is 0.666. The van der Waals surface area contributed by atoms with Crippen LogP contribution in [-0.2, 0) is 6.42 Å². The molecule has 1 N–H and O–H groups in total. The maximum absolute atomic E-state index is 12.6. The van der Waals surface area contributed by atoms with Crippen LogP contribution in [0.3, 0.4) is 0 Å². The molecule has 3 aromatic rings. The predicted octanol–water partition coefficient (Wildman–Crippen LogP) is 3.18. The third kappa shape index (κ3) is 4.56. The average Bonchev–Trinajstić information content (AvgIpc) is 3.09. The number of benzene rings is 2. The molecule has 0 saturated heterocycles. The van der Waals surface area contributed by atoms with Crippen LogP contribution in [0.25, 0.3) is 5.69 Å². The summed E-state index contributed by atoms with van der Waals surface area (Å²) in [7, 11) is 3.20. The normalized spacial score (nSPS) is 10.7. The molecule has 0 bridgehead atoms. The summed E-state index contributed by atoms with van der Waals surface area (Å²) in [5, 5.41) is 11.7. The van der Waals surface area contributed by atoms with Gasteiger partial charge in [-0.05, 0) is 56.5 Å². The lowest BCUT2D eigenvalue weighted by Crippen LogP contribution is -2.26. The molecule has 0 unspecified atom stereocenters. The number of methoxy groups -OCH3 is 2. The summed E-state index contributed by atoms with van der Waals surface area (Å²) < 4.78 is 10.6. The first-order chi connectivity index (χ1) is 13.9. The number of nitrogens with one attached hydrogen (secondary N) is 1. The van der Waals surface area contributed by atoms with Crippen LogP contribution in [0.15, 0.2) is 36.4 Å². The first-order valence-corrected chi connectivity index (χ1v) is 9.43. The Kier molecular flexibility index (Phi) is 6.16. The van der Waals surface area contributed by atoms with Gasteiger partial charge in [-0.25, -0.2) is 0 Å². The van der Waals surface area contributed by atoms with Gasteiger partial charge in [0, 0.05) is 6.54 Å². The number of hydrogen-bond donors (Lipinski definition) is 1. The van der Waals surface area contributed by atoms with E-state index in [4.69, 9.17) is 9.47 Å². The predicted molar refractivity (Wildman–Crippen MR) is 111 cm³/mol. The van der Waals surface area contributed by atoms with Crippen LogP contribution in [0.5, 0.6) is 11.5 Å². The van der Waals surface area contributed by atoms with Crippen molar-refractivity contribution >= 4 is 5.91 Å². The highest BCUT2D eigenvalue weighted by Crippen LogP contribution is 2.27. The molecule has 2 aromatic carbocycles. The van der Waals surface area contributed by atoms with Gasteiger partial charge in [-0.3, -0.25) is 4.79 Å². The fraction of sp³-hybridized carbons (Fsp3) is 0.318. The second-order valence-corrected chi connectivity index (χ2v) is 6.91. The Bertz CT molecular complexity index is 1030. The largest absolute Gasteiger partial charge is 0.493 e. The highest BCUT2D eigenvalue weighted by Gasteiger charge is 2.17. The molecule has 7 heteroatoms. The summed E-state index contributed by atoms with van der Waals surface area (Å²) in [5.41, 5.74) is 5.05. The number of aromatic nitrogens is 3. The van der Waals surface area contributed by atoms with Crippen molar-refractivity contribution in [3.05, 3.63) is 64.5 Å². The van der Waals surface area contributed by atoms with Crippen LogP contribution in [0.2, 0.25) is 0 Å². The first-order valence-electron chi connectivity index (χ1n) is 9.43. The van der Waals surface area contributed by atoms with E-state index in [0.29, 0.717) is 35.9 Å². The van der Waals surface area contributed by atoms with Crippen molar-refractivity contribution in [2.75, 3.05) is 20.8 Å². The van der Waals surface area contributed by atoms with Crippen molar-refractivity contribution in [3.63, 3.8) is 0 Å². The number of rotatable bonds is 7. The molecule has 0 fully saturated rings. The van der Waals surface area contributed by atoms with Crippen molar-refractivity contribution in [2.24, 2.45) is 0 Å². The maximum atomic E-state index is 12.6. The van der Waals surface area contributed by atoms with Crippen molar-refractivity contribution in [2.45, 2.75) is 27.2 Å². The van der Waals surface area contributed by atoms with Crippen LogP contribution < -0.4 is 14.8 Å². The molecule has 0 radical (unpaired) electrons. The van der Waals surface area contributed by atoms with Crippen LogP contribution >= 0.6 is 0 Å². The number of aryl methyl sites for hydroxylation is 3. The van der Waals surface area contributed by atoms with Gasteiger partial charge in [-0.1, -0.05) is 23.8 Å². The van der Waals surface area contributed by atoms with E-state index in [1.165, 1.54) is 10.4 Å². The van der Waals surface area contributed by atoms with E-state index in [9.17, 15) is 4.79 Å². The van der Waals surface area contributed by atoms with Gasteiger partial charge in [0.1, 0.15) is 0 Å². The summed E-state index contributed by atoms with van der Waals surface area (Å²) in [5.74, 6) is 1.11. The van der Waals surface area contributed by atoms with Crippen molar-refractivity contribution < 1.29 is 14.3 Å². The zero-order valence-electron chi connectivity index (χ0n) is 17.4.